The first-order valence-electron chi connectivity index (χ1n) is 5.58. The number of carbonyl (C=O) groups is 2. The maximum absolute atomic E-state index is 11.2. The molecular formula is C15H12O3. The lowest BCUT2D eigenvalue weighted by Crippen LogP contribution is -2.10. The topological polar surface area (TPSA) is 43.4 Å². The van der Waals surface area contributed by atoms with Gasteiger partial charge in [-0.15, -0.1) is 0 Å². The summed E-state index contributed by atoms with van der Waals surface area (Å²) in [5.74, 6) is -0.185. The third kappa shape index (κ3) is 2.83. The Labute approximate surface area is 105 Å². The molecule has 3 heteroatoms. The Morgan fingerprint density at radius 1 is 0.889 bits per heavy atom. The molecule has 1 aromatic rings. The zero-order valence-corrected chi connectivity index (χ0v) is 9.71. The first-order chi connectivity index (χ1) is 8.79. The minimum atomic E-state index is -0.0924. The van der Waals surface area contributed by atoms with Gasteiger partial charge in [0, 0.05) is 11.1 Å². The molecule has 0 saturated carbocycles. The van der Waals surface area contributed by atoms with Gasteiger partial charge in [0.2, 0.25) is 0 Å². The van der Waals surface area contributed by atoms with Crippen LogP contribution in [0.1, 0.15) is 20.7 Å². The van der Waals surface area contributed by atoms with Crippen LogP contribution in [0.2, 0.25) is 0 Å². The van der Waals surface area contributed by atoms with Crippen LogP contribution in [0.4, 0.5) is 0 Å². The quantitative estimate of drug-likeness (QED) is 0.700. The van der Waals surface area contributed by atoms with E-state index in [2.05, 4.69) is 0 Å². The van der Waals surface area contributed by atoms with Crippen LogP contribution in [0.15, 0.2) is 60.9 Å². The van der Waals surface area contributed by atoms with E-state index < -0.39 is 0 Å². The molecule has 2 aliphatic rings. The molecule has 0 N–H and O–H groups in total. The number of carbonyl (C=O) groups excluding carboxylic acids is 2. The predicted octanol–water partition coefficient (Wildman–Crippen LogP) is 2.71. The van der Waals surface area contributed by atoms with Crippen LogP contribution in [0, 0.1) is 0 Å². The molecule has 1 heterocycles. The molecule has 1 aliphatic carbocycles. The van der Waals surface area contributed by atoms with E-state index in [1.165, 1.54) is 12.2 Å². The van der Waals surface area contributed by atoms with Gasteiger partial charge in [-0.25, -0.2) is 0 Å². The van der Waals surface area contributed by atoms with E-state index in [1.807, 2.05) is 18.2 Å². The molecule has 0 amide bonds. The largest absolute Gasteiger partial charge is 0.497 e. The van der Waals surface area contributed by atoms with Crippen LogP contribution in [0.25, 0.3) is 0 Å². The molecule has 0 spiro atoms. The summed E-state index contributed by atoms with van der Waals surface area (Å²) in [5.41, 5.74) is 1.01. The van der Waals surface area contributed by atoms with E-state index >= 15 is 0 Å². The van der Waals surface area contributed by atoms with Gasteiger partial charge in [0.05, 0.1) is 6.26 Å². The fourth-order valence-electron chi connectivity index (χ4n) is 1.59. The van der Waals surface area contributed by atoms with Crippen LogP contribution in [0.5, 0.6) is 0 Å². The smallest absolute Gasteiger partial charge is 0.186 e. The number of fused-ring (bicyclic) bond motifs is 1. The average molecular weight is 240 g/mol. The first kappa shape index (κ1) is 12.0. The van der Waals surface area contributed by atoms with Gasteiger partial charge < -0.3 is 4.74 Å². The Hall–Kier alpha value is -2.42. The Bertz CT molecular complexity index is 502. The van der Waals surface area contributed by atoms with Crippen molar-refractivity contribution in [3.05, 3.63) is 72.0 Å². The van der Waals surface area contributed by atoms with Crippen LogP contribution < -0.4 is 0 Å². The molecule has 3 rings (SSSR count). The molecule has 0 aromatic heterocycles. The highest BCUT2D eigenvalue weighted by Gasteiger charge is 2.16. The van der Waals surface area contributed by atoms with Gasteiger partial charge >= 0.3 is 0 Å². The molecular weight excluding hydrogens is 228 g/mol. The van der Waals surface area contributed by atoms with Crippen molar-refractivity contribution in [2.24, 2.45) is 0 Å². The fraction of sp³-hybridized carbons (Fsp3) is 0.0667. The van der Waals surface area contributed by atoms with E-state index in [4.69, 9.17) is 4.74 Å². The normalized spacial score (nSPS) is 15.6. The predicted molar refractivity (Wildman–Crippen MR) is 68.5 cm³/mol. The molecule has 0 bridgehead atoms. The lowest BCUT2D eigenvalue weighted by molar-refractivity contribution is 0.0994. The summed E-state index contributed by atoms with van der Waals surface area (Å²) < 4.78 is 4.80. The second kappa shape index (κ2) is 5.77. The number of hydrogen-bond acceptors (Lipinski definition) is 3. The molecule has 0 atom stereocenters. The van der Waals surface area contributed by atoms with Gasteiger partial charge in [-0.1, -0.05) is 30.3 Å². The zero-order valence-electron chi connectivity index (χ0n) is 9.71. The highest BCUT2D eigenvalue weighted by Crippen LogP contribution is 2.15. The maximum atomic E-state index is 11.2. The number of benzene rings is 1. The summed E-state index contributed by atoms with van der Waals surface area (Å²) in [7, 11) is 0. The lowest BCUT2D eigenvalue weighted by atomic mass is 9.95. The van der Waals surface area contributed by atoms with Crippen molar-refractivity contribution in [1.82, 2.24) is 0 Å². The molecule has 0 radical (unpaired) electrons. The van der Waals surface area contributed by atoms with E-state index in [-0.39, 0.29) is 11.6 Å². The summed E-state index contributed by atoms with van der Waals surface area (Å²) in [6.45, 7) is 0.733. The Balaban J connectivity index is 0.000000169. The summed E-state index contributed by atoms with van der Waals surface area (Å²) >= 11 is 0. The molecule has 1 aromatic carbocycles. The van der Waals surface area contributed by atoms with Crippen molar-refractivity contribution >= 4 is 11.6 Å². The fourth-order valence-corrected chi connectivity index (χ4v) is 1.59. The second-order valence-corrected chi connectivity index (χ2v) is 3.70. The van der Waals surface area contributed by atoms with Crippen molar-refractivity contribution in [3.63, 3.8) is 0 Å². The Morgan fingerprint density at radius 3 is 1.83 bits per heavy atom. The van der Waals surface area contributed by atoms with Gasteiger partial charge in [0.25, 0.3) is 0 Å². The molecule has 3 nitrogen and oxygen atoms in total. The molecule has 90 valence electrons. The molecule has 0 unspecified atom stereocenters. The summed E-state index contributed by atoms with van der Waals surface area (Å²) in [6.07, 6.45) is 10.1. The van der Waals surface area contributed by atoms with Crippen LogP contribution in [-0.4, -0.2) is 18.2 Å². The third-order valence-corrected chi connectivity index (χ3v) is 2.46. The highest BCUT2D eigenvalue weighted by molar-refractivity contribution is 6.21. The van der Waals surface area contributed by atoms with Gasteiger partial charge in [0.1, 0.15) is 6.61 Å². The monoisotopic (exact) mass is 240 g/mol. The molecule has 0 fully saturated rings. The summed E-state index contributed by atoms with van der Waals surface area (Å²) in [5, 5.41) is 0. The third-order valence-electron chi connectivity index (χ3n) is 2.46. The van der Waals surface area contributed by atoms with E-state index in [0.29, 0.717) is 11.1 Å². The van der Waals surface area contributed by atoms with Crippen molar-refractivity contribution in [1.29, 1.82) is 0 Å². The van der Waals surface area contributed by atoms with Crippen molar-refractivity contribution in [2.45, 2.75) is 0 Å². The SMILES string of the molecule is C1=CCOC=C1.O=C1C=CC(=O)c2ccccc21. The maximum Gasteiger partial charge on any atom is 0.186 e. The molecule has 18 heavy (non-hydrogen) atoms. The summed E-state index contributed by atoms with van der Waals surface area (Å²) in [4.78, 5) is 22.4. The van der Waals surface area contributed by atoms with Crippen molar-refractivity contribution in [3.8, 4) is 0 Å². The van der Waals surface area contributed by atoms with Gasteiger partial charge in [-0.2, -0.15) is 0 Å². The number of ketones is 2. The minimum Gasteiger partial charge on any atom is -0.497 e. The van der Waals surface area contributed by atoms with Gasteiger partial charge in [-0.05, 0) is 24.3 Å². The van der Waals surface area contributed by atoms with E-state index in [9.17, 15) is 9.59 Å². The molecule has 1 aliphatic heterocycles. The number of allylic oxidation sites excluding steroid dienone is 4. The van der Waals surface area contributed by atoms with E-state index in [0.717, 1.165) is 6.61 Å². The van der Waals surface area contributed by atoms with Crippen LogP contribution in [0.3, 0.4) is 0 Å². The van der Waals surface area contributed by atoms with Gasteiger partial charge in [-0.3, -0.25) is 9.59 Å². The number of hydrogen-bond donors (Lipinski definition) is 0. The first-order valence-corrected chi connectivity index (χ1v) is 5.58. The second-order valence-electron chi connectivity index (χ2n) is 3.70. The highest BCUT2D eigenvalue weighted by atomic mass is 16.5. The van der Waals surface area contributed by atoms with Crippen molar-refractivity contribution < 1.29 is 14.3 Å². The summed E-state index contributed by atoms with van der Waals surface area (Å²) in [6, 6.07) is 6.84. The average Bonchev–Trinajstić information content (AvgIpc) is 2.46. The lowest BCUT2D eigenvalue weighted by Gasteiger charge is -2.06. The number of ether oxygens (including phenoxy) is 1. The standard InChI is InChI=1S/C10H6O2.C5H6O/c11-9-5-6-10(12)8-4-2-1-3-7(8)9;1-2-4-6-5-3-1/h1-6H;1-4H,5H2. The van der Waals surface area contributed by atoms with Crippen LogP contribution in [-0.2, 0) is 4.74 Å². The Morgan fingerprint density at radius 2 is 1.50 bits per heavy atom. The van der Waals surface area contributed by atoms with Crippen molar-refractivity contribution in [2.75, 3.05) is 6.61 Å². The zero-order chi connectivity index (χ0) is 12.8. The van der Waals surface area contributed by atoms with E-state index in [1.54, 1.807) is 30.5 Å². The Kier molecular flexibility index (Phi) is 3.86. The minimum absolute atomic E-state index is 0.0924. The van der Waals surface area contributed by atoms with Crippen LogP contribution >= 0.6 is 0 Å². The molecule has 0 saturated heterocycles. The van der Waals surface area contributed by atoms with Gasteiger partial charge in [0.15, 0.2) is 11.6 Å². The number of rotatable bonds is 0.